The lowest BCUT2D eigenvalue weighted by Crippen LogP contribution is -2.21. The maximum Gasteiger partial charge on any atom is 0.269 e. The molecule has 0 saturated heterocycles. The largest absolute Gasteiger partial charge is 0.452 e. The number of hydrogen-bond acceptors (Lipinski definition) is 3. The summed E-state index contributed by atoms with van der Waals surface area (Å²) in [5.41, 5.74) is -0.243. The van der Waals surface area contributed by atoms with Crippen molar-refractivity contribution in [1.82, 2.24) is 9.55 Å². The van der Waals surface area contributed by atoms with E-state index in [1.165, 1.54) is 10.9 Å². The summed E-state index contributed by atoms with van der Waals surface area (Å²) in [5.74, 6) is 0.657. The van der Waals surface area contributed by atoms with E-state index in [1.54, 1.807) is 12.1 Å². The summed E-state index contributed by atoms with van der Waals surface area (Å²) in [6, 6.07) is 3.54. The summed E-state index contributed by atoms with van der Waals surface area (Å²) >= 11 is 12.0. The van der Waals surface area contributed by atoms with Gasteiger partial charge in [-0.15, -0.1) is 0 Å². The van der Waals surface area contributed by atoms with Crippen LogP contribution in [0.5, 0.6) is 0 Å². The van der Waals surface area contributed by atoms with Crippen molar-refractivity contribution in [2.24, 2.45) is 0 Å². The van der Waals surface area contributed by atoms with Crippen molar-refractivity contribution < 1.29 is 4.42 Å². The highest BCUT2D eigenvalue weighted by atomic mass is 79.9. The van der Waals surface area contributed by atoms with Crippen LogP contribution in [0.2, 0.25) is 5.15 Å². The first-order chi connectivity index (χ1) is 7.58. The molecule has 0 atom stereocenters. The first kappa shape index (κ1) is 11.9. The molecule has 4 nitrogen and oxygen atoms in total. The van der Waals surface area contributed by atoms with Crippen molar-refractivity contribution in [2.75, 3.05) is 0 Å². The zero-order valence-corrected chi connectivity index (χ0v) is 11.7. The fourth-order valence-corrected chi connectivity index (χ4v) is 1.96. The standard InChI is InChI=1S/C9H5Br2ClN2O2/c10-6-2-1-5(16-6)3-14-4-13-8(12)7(11)9(14)15/h1-2,4H,3H2. The van der Waals surface area contributed by atoms with Crippen LogP contribution in [0.25, 0.3) is 0 Å². The molecule has 2 heterocycles. The molecule has 0 unspecified atom stereocenters. The van der Waals surface area contributed by atoms with Gasteiger partial charge in [-0.3, -0.25) is 9.36 Å². The van der Waals surface area contributed by atoms with Crippen LogP contribution < -0.4 is 5.56 Å². The minimum Gasteiger partial charge on any atom is -0.452 e. The molecule has 0 aromatic carbocycles. The van der Waals surface area contributed by atoms with Gasteiger partial charge in [0.2, 0.25) is 0 Å². The second kappa shape index (κ2) is 4.73. The van der Waals surface area contributed by atoms with Gasteiger partial charge in [0, 0.05) is 0 Å². The number of nitrogens with zero attached hydrogens (tertiary/aromatic N) is 2. The Morgan fingerprint density at radius 3 is 2.81 bits per heavy atom. The van der Waals surface area contributed by atoms with Gasteiger partial charge < -0.3 is 4.42 Å². The SMILES string of the molecule is O=c1c(Br)c(Cl)ncn1Cc1ccc(Br)o1. The quantitative estimate of drug-likeness (QED) is 0.766. The van der Waals surface area contributed by atoms with Gasteiger partial charge in [-0.25, -0.2) is 4.98 Å². The molecule has 0 bridgehead atoms. The number of furan rings is 1. The smallest absolute Gasteiger partial charge is 0.269 e. The van der Waals surface area contributed by atoms with Gasteiger partial charge in [0.1, 0.15) is 10.2 Å². The highest BCUT2D eigenvalue weighted by molar-refractivity contribution is 9.10. The molecule has 0 spiro atoms. The molecule has 0 saturated carbocycles. The van der Waals surface area contributed by atoms with Gasteiger partial charge in [-0.05, 0) is 44.0 Å². The van der Waals surface area contributed by atoms with E-state index in [0.29, 0.717) is 17.0 Å². The predicted octanol–water partition coefficient (Wildman–Crippen LogP) is 3.06. The van der Waals surface area contributed by atoms with E-state index in [4.69, 9.17) is 16.0 Å². The van der Waals surface area contributed by atoms with Gasteiger partial charge in [-0.2, -0.15) is 0 Å². The Kier molecular flexibility index (Phi) is 3.51. The number of halogens is 3. The second-order valence-corrected chi connectivity index (χ2v) is 4.92. The molecule has 84 valence electrons. The lowest BCUT2D eigenvalue weighted by atomic mass is 10.4. The maximum absolute atomic E-state index is 11.7. The fourth-order valence-electron chi connectivity index (χ4n) is 1.16. The molecule has 0 aliphatic rings. The number of aromatic nitrogens is 2. The Morgan fingerprint density at radius 1 is 1.44 bits per heavy atom. The molecule has 16 heavy (non-hydrogen) atoms. The van der Waals surface area contributed by atoms with E-state index in [0.717, 1.165) is 0 Å². The first-order valence-electron chi connectivity index (χ1n) is 4.22. The normalized spacial score (nSPS) is 10.7. The van der Waals surface area contributed by atoms with E-state index in [-0.39, 0.29) is 15.2 Å². The average Bonchev–Trinajstić information content (AvgIpc) is 2.65. The van der Waals surface area contributed by atoms with Gasteiger partial charge in [0.25, 0.3) is 5.56 Å². The molecule has 0 aliphatic carbocycles. The van der Waals surface area contributed by atoms with Crippen molar-refractivity contribution in [3.8, 4) is 0 Å². The van der Waals surface area contributed by atoms with E-state index < -0.39 is 0 Å². The second-order valence-electron chi connectivity index (χ2n) is 2.99. The van der Waals surface area contributed by atoms with Crippen molar-refractivity contribution in [3.63, 3.8) is 0 Å². The van der Waals surface area contributed by atoms with Crippen LogP contribution in [-0.2, 0) is 6.54 Å². The van der Waals surface area contributed by atoms with Gasteiger partial charge in [0.15, 0.2) is 9.82 Å². The van der Waals surface area contributed by atoms with Gasteiger partial charge in [0.05, 0.1) is 12.9 Å². The molecular formula is C9H5Br2ClN2O2. The minimum atomic E-state index is -0.243. The summed E-state index contributed by atoms with van der Waals surface area (Å²) in [5, 5.41) is 0.155. The summed E-state index contributed by atoms with van der Waals surface area (Å²) in [7, 11) is 0. The van der Waals surface area contributed by atoms with Crippen LogP contribution in [0.15, 0.2) is 36.8 Å². The Hall–Kier alpha value is -0.590. The minimum absolute atomic E-state index is 0.155. The zero-order chi connectivity index (χ0) is 11.7. The Labute approximate surface area is 112 Å². The monoisotopic (exact) mass is 366 g/mol. The summed E-state index contributed by atoms with van der Waals surface area (Å²) in [4.78, 5) is 15.6. The highest BCUT2D eigenvalue weighted by Gasteiger charge is 2.08. The van der Waals surface area contributed by atoms with Crippen molar-refractivity contribution in [3.05, 3.63) is 48.9 Å². The third-order valence-corrected chi connectivity index (χ3v) is 3.55. The Morgan fingerprint density at radius 2 is 2.19 bits per heavy atom. The molecule has 0 radical (unpaired) electrons. The summed E-state index contributed by atoms with van der Waals surface area (Å²) in [6.45, 7) is 0.313. The van der Waals surface area contributed by atoms with E-state index in [2.05, 4.69) is 36.8 Å². The molecular weight excluding hydrogens is 363 g/mol. The van der Waals surface area contributed by atoms with Crippen LogP contribution in [-0.4, -0.2) is 9.55 Å². The molecule has 0 aliphatic heterocycles. The maximum atomic E-state index is 11.7. The average molecular weight is 368 g/mol. The number of rotatable bonds is 2. The van der Waals surface area contributed by atoms with Crippen LogP contribution in [0.3, 0.4) is 0 Å². The molecule has 7 heteroatoms. The third kappa shape index (κ3) is 2.39. The van der Waals surface area contributed by atoms with E-state index in [9.17, 15) is 4.79 Å². The topological polar surface area (TPSA) is 48.0 Å². The molecule has 0 amide bonds. The van der Waals surface area contributed by atoms with Crippen molar-refractivity contribution in [2.45, 2.75) is 6.54 Å². The molecule has 0 N–H and O–H groups in total. The van der Waals surface area contributed by atoms with E-state index in [1.807, 2.05) is 0 Å². The fraction of sp³-hybridized carbons (Fsp3) is 0.111. The lowest BCUT2D eigenvalue weighted by molar-refractivity contribution is 0.469. The summed E-state index contributed by atoms with van der Waals surface area (Å²) in [6.07, 6.45) is 1.38. The summed E-state index contributed by atoms with van der Waals surface area (Å²) < 4.78 is 7.57. The Bertz CT molecular complexity index is 579. The molecule has 2 aromatic heterocycles. The third-order valence-electron chi connectivity index (χ3n) is 1.90. The van der Waals surface area contributed by atoms with Crippen molar-refractivity contribution >= 4 is 43.5 Å². The van der Waals surface area contributed by atoms with Crippen molar-refractivity contribution in [1.29, 1.82) is 0 Å². The van der Waals surface area contributed by atoms with E-state index >= 15 is 0 Å². The molecule has 0 fully saturated rings. The Balaban J connectivity index is 2.36. The first-order valence-corrected chi connectivity index (χ1v) is 6.19. The molecule has 2 aromatic rings. The van der Waals surface area contributed by atoms with Crippen LogP contribution >= 0.6 is 43.5 Å². The van der Waals surface area contributed by atoms with Crippen LogP contribution in [0, 0.1) is 0 Å². The highest BCUT2D eigenvalue weighted by Crippen LogP contribution is 2.16. The van der Waals surface area contributed by atoms with Gasteiger partial charge in [-0.1, -0.05) is 11.6 Å². The number of hydrogen-bond donors (Lipinski definition) is 0. The molecule has 2 rings (SSSR count). The predicted molar refractivity (Wildman–Crippen MR) is 66.7 cm³/mol. The van der Waals surface area contributed by atoms with Crippen LogP contribution in [0.1, 0.15) is 5.76 Å². The van der Waals surface area contributed by atoms with Crippen LogP contribution in [0.4, 0.5) is 0 Å². The van der Waals surface area contributed by atoms with Gasteiger partial charge >= 0.3 is 0 Å². The lowest BCUT2D eigenvalue weighted by Gasteiger charge is -2.03. The zero-order valence-electron chi connectivity index (χ0n) is 7.78.